The van der Waals surface area contributed by atoms with Crippen molar-refractivity contribution < 1.29 is 8.42 Å². The molecule has 0 heterocycles. The SMILES string of the molecule is Cc1ccccc1S(=O)(=O)CCCNC1CC1. The lowest BCUT2D eigenvalue weighted by Gasteiger charge is -2.07. The molecule has 2 rings (SSSR count). The topological polar surface area (TPSA) is 46.2 Å². The van der Waals surface area contributed by atoms with Crippen molar-refractivity contribution >= 4 is 9.84 Å². The maximum absolute atomic E-state index is 12.1. The van der Waals surface area contributed by atoms with Crippen molar-refractivity contribution in [1.82, 2.24) is 5.32 Å². The van der Waals surface area contributed by atoms with Crippen molar-refractivity contribution in [2.24, 2.45) is 0 Å². The second-order valence-electron chi connectivity index (χ2n) is 4.67. The van der Waals surface area contributed by atoms with E-state index >= 15 is 0 Å². The van der Waals surface area contributed by atoms with Gasteiger partial charge in [0.15, 0.2) is 9.84 Å². The molecular weight excluding hydrogens is 234 g/mol. The molecule has 4 heteroatoms. The highest BCUT2D eigenvalue weighted by Crippen LogP contribution is 2.19. The lowest BCUT2D eigenvalue weighted by atomic mass is 10.2. The average Bonchev–Trinajstić information content (AvgIpc) is 3.09. The van der Waals surface area contributed by atoms with Crippen LogP contribution in [-0.2, 0) is 9.84 Å². The monoisotopic (exact) mass is 253 g/mol. The molecule has 0 amide bonds. The van der Waals surface area contributed by atoms with Crippen LogP contribution < -0.4 is 5.32 Å². The van der Waals surface area contributed by atoms with E-state index in [0.717, 1.165) is 12.1 Å². The van der Waals surface area contributed by atoms with Gasteiger partial charge in [0.1, 0.15) is 0 Å². The summed E-state index contributed by atoms with van der Waals surface area (Å²) < 4.78 is 24.2. The zero-order valence-corrected chi connectivity index (χ0v) is 11.0. The third kappa shape index (κ3) is 3.54. The standard InChI is InChI=1S/C13H19NO2S/c1-11-5-2-3-6-13(11)17(15,16)10-4-9-14-12-7-8-12/h2-3,5-6,12,14H,4,7-10H2,1H3. The van der Waals surface area contributed by atoms with E-state index < -0.39 is 9.84 Å². The Morgan fingerprint density at radius 3 is 2.65 bits per heavy atom. The van der Waals surface area contributed by atoms with Crippen LogP contribution in [0.2, 0.25) is 0 Å². The zero-order valence-electron chi connectivity index (χ0n) is 10.1. The van der Waals surface area contributed by atoms with Crippen LogP contribution in [0.1, 0.15) is 24.8 Å². The number of hydrogen-bond acceptors (Lipinski definition) is 3. The molecule has 3 nitrogen and oxygen atoms in total. The van der Waals surface area contributed by atoms with Gasteiger partial charge in [0.25, 0.3) is 0 Å². The molecule has 0 aromatic heterocycles. The Morgan fingerprint density at radius 1 is 1.29 bits per heavy atom. The van der Waals surface area contributed by atoms with Crippen LogP contribution in [0.15, 0.2) is 29.2 Å². The lowest BCUT2D eigenvalue weighted by Crippen LogP contribution is -2.20. The highest BCUT2D eigenvalue weighted by atomic mass is 32.2. The molecule has 0 spiro atoms. The predicted octanol–water partition coefficient (Wildman–Crippen LogP) is 1.91. The molecule has 0 bridgehead atoms. The molecule has 1 fully saturated rings. The molecule has 1 N–H and O–H groups in total. The second-order valence-corrected chi connectivity index (χ2v) is 6.74. The molecule has 0 radical (unpaired) electrons. The van der Waals surface area contributed by atoms with Crippen molar-refractivity contribution in [3.8, 4) is 0 Å². The molecule has 1 aromatic rings. The minimum Gasteiger partial charge on any atom is -0.314 e. The first-order valence-electron chi connectivity index (χ1n) is 6.11. The first-order valence-corrected chi connectivity index (χ1v) is 7.76. The van der Waals surface area contributed by atoms with Crippen molar-refractivity contribution in [1.29, 1.82) is 0 Å². The third-order valence-electron chi connectivity index (χ3n) is 3.03. The lowest BCUT2D eigenvalue weighted by molar-refractivity contribution is 0.588. The fraction of sp³-hybridized carbons (Fsp3) is 0.538. The quantitative estimate of drug-likeness (QED) is 0.788. The smallest absolute Gasteiger partial charge is 0.178 e. The minimum absolute atomic E-state index is 0.234. The molecule has 1 saturated carbocycles. The van der Waals surface area contributed by atoms with Crippen molar-refractivity contribution in [3.63, 3.8) is 0 Å². The van der Waals surface area contributed by atoms with Gasteiger partial charge in [0.2, 0.25) is 0 Å². The number of hydrogen-bond donors (Lipinski definition) is 1. The minimum atomic E-state index is -3.11. The molecule has 1 aliphatic carbocycles. The Morgan fingerprint density at radius 2 is 2.00 bits per heavy atom. The summed E-state index contributed by atoms with van der Waals surface area (Å²) in [4.78, 5) is 0.478. The predicted molar refractivity (Wildman–Crippen MR) is 68.9 cm³/mol. The Kier molecular flexibility index (Phi) is 3.84. The van der Waals surface area contributed by atoms with E-state index in [-0.39, 0.29) is 5.75 Å². The average molecular weight is 253 g/mol. The first-order chi connectivity index (χ1) is 8.09. The molecule has 1 aromatic carbocycles. The summed E-state index contributed by atoms with van der Waals surface area (Å²) in [5.74, 6) is 0.234. The van der Waals surface area contributed by atoms with Gasteiger partial charge in [0.05, 0.1) is 10.6 Å². The highest BCUT2D eigenvalue weighted by molar-refractivity contribution is 7.91. The van der Waals surface area contributed by atoms with Crippen LogP contribution in [0.4, 0.5) is 0 Å². The number of sulfone groups is 1. The largest absolute Gasteiger partial charge is 0.314 e. The van der Waals surface area contributed by atoms with Gasteiger partial charge < -0.3 is 5.32 Å². The molecule has 0 aliphatic heterocycles. The Hall–Kier alpha value is -0.870. The van der Waals surface area contributed by atoms with Crippen molar-refractivity contribution in [2.75, 3.05) is 12.3 Å². The van der Waals surface area contributed by atoms with Crippen LogP contribution in [-0.4, -0.2) is 26.8 Å². The molecule has 0 saturated heterocycles. The van der Waals surface area contributed by atoms with Crippen LogP contribution >= 0.6 is 0 Å². The molecule has 0 atom stereocenters. The fourth-order valence-electron chi connectivity index (χ4n) is 1.87. The Bertz CT molecular complexity index is 478. The van der Waals surface area contributed by atoms with Gasteiger partial charge in [-0.05, 0) is 44.4 Å². The number of rotatable bonds is 6. The maximum Gasteiger partial charge on any atom is 0.178 e. The number of benzene rings is 1. The van der Waals surface area contributed by atoms with Crippen molar-refractivity contribution in [3.05, 3.63) is 29.8 Å². The summed E-state index contributed by atoms with van der Waals surface area (Å²) in [7, 11) is -3.11. The summed E-state index contributed by atoms with van der Waals surface area (Å²) in [6, 6.07) is 7.83. The van der Waals surface area contributed by atoms with Crippen molar-refractivity contribution in [2.45, 2.75) is 37.1 Å². The van der Waals surface area contributed by atoms with E-state index in [9.17, 15) is 8.42 Å². The summed E-state index contributed by atoms with van der Waals surface area (Å²) in [5, 5.41) is 3.33. The van der Waals surface area contributed by atoms with Crippen LogP contribution in [0.25, 0.3) is 0 Å². The van der Waals surface area contributed by atoms with Gasteiger partial charge in [0, 0.05) is 6.04 Å². The van der Waals surface area contributed by atoms with Crippen LogP contribution in [0.5, 0.6) is 0 Å². The maximum atomic E-state index is 12.1. The first kappa shape index (κ1) is 12.6. The summed E-state index contributed by atoms with van der Waals surface area (Å²) in [6.45, 7) is 2.64. The summed E-state index contributed by atoms with van der Waals surface area (Å²) >= 11 is 0. The molecule has 94 valence electrons. The van der Waals surface area contributed by atoms with E-state index in [4.69, 9.17) is 0 Å². The van der Waals surface area contributed by atoms with Gasteiger partial charge in [-0.1, -0.05) is 18.2 Å². The fourth-order valence-corrected chi connectivity index (χ4v) is 3.46. The Labute approximate surface area is 103 Å². The van der Waals surface area contributed by atoms with Gasteiger partial charge in [-0.15, -0.1) is 0 Å². The van der Waals surface area contributed by atoms with E-state index in [1.807, 2.05) is 19.1 Å². The highest BCUT2D eigenvalue weighted by Gasteiger charge is 2.20. The Balaban J connectivity index is 1.91. The third-order valence-corrected chi connectivity index (χ3v) is 4.98. The van der Waals surface area contributed by atoms with E-state index in [1.165, 1.54) is 12.8 Å². The zero-order chi connectivity index (χ0) is 12.3. The molecule has 0 unspecified atom stereocenters. The summed E-state index contributed by atoms with van der Waals surface area (Å²) in [6.07, 6.45) is 3.17. The van der Waals surface area contributed by atoms with Crippen LogP contribution in [0, 0.1) is 6.92 Å². The van der Waals surface area contributed by atoms with Gasteiger partial charge in [-0.3, -0.25) is 0 Å². The molecular formula is C13H19NO2S. The van der Waals surface area contributed by atoms with Gasteiger partial charge in [-0.2, -0.15) is 0 Å². The van der Waals surface area contributed by atoms with E-state index in [2.05, 4.69) is 5.32 Å². The summed E-state index contributed by atoms with van der Waals surface area (Å²) in [5.41, 5.74) is 0.836. The van der Waals surface area contributed by atoms with E-state index in [1.54, 1.807) is 12.1 Å². The van der Waals surface area contributed by atoms with Crippen LogP contribution in [0.3, 0.4) is 0 Å². The molecule has 17 heavy (non-hydrogen) atoms. The number of aryl methyl sites for hydroxylation is 1. The van der Waals surface area contributed by atoms with E-state index in [0.29, 0.717) is 17.4 Å². The molecule has 1 aliphatic rings. The van der Waals surface area contributed by atoms with Gasteiger partial charge >= 0.3 is 0 Å². The second kappa shape index (κ2) is 5.19. The number of nitrogens with one attached hydrogen (secondary N) is 1. The van der Waals surface area contributed by atoms with Gasteiger partial charge in [-0.25, -0.2) is 8.42 Å². The normalized spacial score (nSPS) is 16.1.